The maximum Gasteiger partial charge on any atom is 0.416 e. The number of aromatic nitrogens is 3. The highest BCUT2D eigenvalue weighted by atomic mass is 19.4. The number of amides is 1. The summed E-state index contributed by atoms with van der Waals surface area (Å²) < 4.78 is 41.5. The minimum Gasteiger partial charge on any atom is -0.338 e. The van der Waals surface area contributed by atoms with Gasteiger partial charge in [0.2, 0.25) is 5.91 Å². The van der Waals surface area contributed by atoms with Crippen LogP contribution in [0.3, 0.4) is 0 Å². The summed E-state index contributed by atoms with van der Waals surface area (Å²) in [6, 6.07) is 9.00. The van der Waals surface area contributed by atoms with E-state index in [0.29, 0.717) is 37.3 Å². The molecule has 8 heteroatoms. The van der Waals surface area contributed by atoms with E-state index in [0.717, 1.165) is 34.6 Å². The molecular weight excluding hydrogens is 393 g/mol. The first kappa shape index (κ1) is 20.1. The molecule has 1 aromatic carbocycles. The molecule has 156 valence electrons. The van der Waals surface area contributed by atoms with Gasteiger partial charge in [0.05, 0.1) is 23.5 Å². The van der Waals surface area contributed by atoms with Crippen LogP contribution in [0.1, 0.15) is 35.0 Å². The summed E-state index contributed by atoms with van der Waals surface area (Å²) in [6.45, 7) is 4.77. The Hall–Kier alpha value is -3.16. The predicted octanol–water partition coefficient (Wildman–Crippen LogP) is 4.23. The highest BCUT2D eigenvalue weighted by Gasteiger charge is 2.32. The number of rotatable bonds is 3. The lowest BCUT2D eigenvalue weighted by atomic mass is 9.99. The minimum atomic E-state index is -4.44. The van der Waals surface area contributed by atoms with E-state index in [2.05, 4.69) is 10.1 Å². The van der Waals surface area contributed by atoms with E-state index in [1.54, 1.807) is 17.2 Å². The van der Waals surface area contributed by atoms with E-state index in [-0.39, 0.29) is 5.91 Å². The fraction of sp³-hybridized carbons (Fsp3) is 0.318. The highest BCUT2D eigenvalue weighted by molar-refractivity contribution is 5.74. The molecule has 5 nitrogen and oxygen atoms in total. The van der Waals surface area contributed by atoms with Crippen molar-refractivity contribution in [1.29, 1.82) is 0 Å². The lowest BCUT2D eigenvalue weighted by Gasteiger charge is -2.27. The molecule has 0 bridgehead atoms. The van der Waals surface area contributed by atoms with Crippen LogP contribution in [0.25, 0.3) is 11.3 Å². The van der Waals surface area contributed by atoms with Crippen molar-refractivity contribution >= 4 is 5.91 Å². The Balaban J connectivity index is 1.82. The third kappa shape index (κ3) is 3.81. The average molecular weight is 414 g/mol. The number of carbonyl (C=O) groups is 1. The van der Waals surface area contributed by atoms with Crippen molar-refractivity contribution in [3.8, 4) is 11.3 Å². The van der Waals surface area contributed by atoms with Crippen molar-refractivity contribution in [3.05, 3.63) is 70.7 Å². The third-order valence-electron chi connectivity index (χ3n) is 5.46. The van der Waals surface area contributed by atoms with Crippen molar-refractivity contribution in [1.82, 2.24) is 19.7 Å². The van der Waals surface area contributed by atoms with Crippen LogP contribution >= 0.6 is 0 Å². The van der Waals surface area contributed by atoms with Crippen molar-refractivity contribution in [2.24, 2.45) is 0 Å². The Kier molecular flexibility index (Phi) is 5.09. The first-order valence-corrected chi connectivity index (χ1v) is 9.66. The lowest BCUT2D eigenvalue weighted by molar-refractivity contribution is -0.137. The summed E-state index contributed by atoms with van der Waals surface area (Å²) in [5, 5.41) is 4.69. The number of alkyl halides is 3. The van der Waals surface area contributed by atoms with Crippen LogP contribution in [0.2, 0.25) is 0 Å². The zero-order valence-corrected chi connectivity index (χ0v) is 16.7. The first-order valence-electron chi connectivity index (χ1n) is 9.66. The van der Waals surface area contributed by atoms with Gasteiger partial charge in [-0.05, 0) is 30.7 Å². The molecule has 30 heavy (non-hydrogen) atoms. The standard InChI is InChI=1S/C22H21F3N4O/c1-14-5-4-9-26-19(14)13-29-20-8-10-28(15(2)30)12-18(20)21(27-29)16-6-3-7-17(11-16)22(23,24)25/h3-7,9,11H,8,10,12-13H2,1-2H3. The summed E-state index contributed by atoms with van der Waals surface area (Å²) >= 11 is 0. The number of halogens is 3. The number of pyridine rings is 1. The van der Waals surface area contributed by atoms with E-state index < -0.39 is 11.7 Å². The zero-order valence-electron chi connectivity index (χ0n) is 16.7. The Morgan fingerprint density at radius 3 is 2.70 bits per heavy atom. The predicted molar refractivity (Wildman–Crippen MR) is 106 cm³/mol. The molecule has 0 radical (unpaired) electrons. The Labute approximate surface area is 172 Å². The van der Waals surface area contributed by atoms with E-state index in [1.807, 2.05) is 23.7 Å². The summed E-state index contributed by atoms with van der Waals surface area (Å²) in [6.07, 6.45) is -2.13. The second-order valence-electron chi connectivity index (χ2n) is 7.47. The second kappa shape index (κ2) is 7.59. The van der Waals surface area contributed by atoms with Crippen molar-refractivity contribution in [3.63, 3.8) is 0 Å². The molecule has 2 aromatic heterocycles. The lowest BCUT2D eigenvalue weighted by Crippen LogP contribution is -2.34. The van der Waals surface area contributed by atoms with Crippen molar-refractivity contribution < 1.29 is 18.0 Å². The monoisotopic (exact) mass is 414 g/mol. The maximum absolute atomic E-state index is 13.2. The number of hydrogen-bond donors (Lipinski definition) is 0. The molecule has 3 heterocycles. The molecule has 1 aliphatic heterocycles. The van der Waals surface area contributed by atoms with Gasteiger partial charge >= 0.3 is 6.18 Å². The van der Waals surface area contributed by atoms with Crippen LogP contribution in [0.15, 0.2) is 42.6 Å². The molecule has 0 aliphatic carbocycles. The zero-order chi connectivity index (χ0) is 21.5. The molecule has 0 N–H and O–H groups in total. The minimum absolute atomic E-state index is 0.0658. The number of carbonyl (C=O) groups excluding carboxylic acids is 1. The van der Waals surface area contributed by atoms with Gasteiger partial charge in [-0.1, -0.05) is 18.2 Å². The molecule has 0 spiro atoms. The quantitative estimate of drug-likeness (QED) is 0.645. The smallest absolute Gasteiger partial charge is 0.338 e. The summed E-state index contributed by atoms with van der Waals surface area (Å²) in [7, 11) is 0. The molecule has 3 aromatic rings. The van der Waals surface area contributed by atoms with Crippen molar-refractivity contribution in [2.75, 3.05) is 6.54 Å². The third-order valence-corrected chi connectivity index (χ3v) is 5.46. The molecule has 0 saturated heterocycles. The van der Waals surface area contributed by atoms with E-state index in [4.69, 9.17) is 0 Å². The van der Waals surface area contributed by atoms with E-state index in [9.17, 15) is 18.0 Å². The van der Waals surface area contributed by atoms with E-state index in [1.165, 1.54) is 13.0 Å². The molecule has 1 aliphatic rings. The molecular formula is C22H21F3N4O. The van der Waals surface area contributed by atoms with Gasteiger partial charge in [0.1, 0.15) is 0 Å². The van der Waals surface area contributed by atoms with Crippen LogP contribution in [0, 0.1) is 6.92 Å². The summed E-state index contributed by atoms with van der Waals surface area (Å²) in [4.78, 5) is 18.0. The highest BCUT2D eigenvalue weighted by Crippen LogP contribution is 2.35. The number of benzene rings is 1. The van der Waals surface area contributed by atoms with Gasteiger partial charge in [-0.25, -0.2) is 0 Å². The molecule has 0 saturated carbocycles. The Bertz CT molecular complexity index is 1100. The summed E-state index contributed by atoms with van der Waals surface area (Å²) in [5.74, 6) is -0.0658. The second-order valence-corrected chi connectivity index (χ2v) is 7.47. The fourth-order valence-electron chi connectivity index (χ4n) is 3.79. The maximum atomic E-state index is 13.2. The fourth-order valence-corrected chi connectivity index (χ4v) is 3.79. The number of aryl methyl sites for hydroxylation is 1. The largest absolute Gasteiger partial charge is 0.416 e. The normalized spacial score (nSPS) is 14.0. The average Bonchev–Trinajstić information content (AvgIpc) is 3.07. The van der Waals surface area contributed by atoms with Gasteiger partial charge in [0.15, 0.2) is 0 Å². The summed E-state index contributed by atoms with van der Waals surface area (Å²) in [5.41, 5.74) is 3.76. The van der Waals surface area contributed by atoms with Crippen molar-refractivity contribution in [2.45, 2.75) is 39.5 Å². The van der Waals surface area contributed by atoms with Crippen LogP contribution in [0.5, 0.6) is 0 Å². The van der Waals surface area contributed by atoms with Gasteiger partial charge in [0, 0.05) is 49.5 Å². The van der Waals surface area contributed by atoms with Gasteiger partial charge in [-0.3, -0.25) is 14.5 Å². The number of fused-ring (bicyclic) bond motifs is 1. The Morgan fingerprint density at radius 1 is 1.20 bits per heavy atom. The van der Waals surface area contributed by atoms with Crippen LogP contribution in [-0.4, -0.2) is 32.1 Å². The van der Waals surface area contributed by atoms with Gasteiger partial charge in [0.25, 0.3) is 0 Å². The molecule has 0 atom stereocenters. The Morgan fingerprint density at radius 2 is 2.00 bits per heavy atom. The van der Waals surface area contributed by atoms with Gasteiger partial charge in [-0.2, -0.15) is 18.3 Å². The number of nitrogens with zero attached hydrogens (tertiary/aromatic N) is 4. The van der Waals surface area contributed by atoms with Gasteiger partial charge < -0.3 is 4.90 Å². The molecule has 0 fully saturated rings. The van der Waals surface area contributed by atoms with Crippen LogP contribution in [-0.2, 0) is 30.5 Å². The van der Waals surface area contributed by atoms with Crippen LogP contribution < -0.4 is 0 Å². The SMILES string of the molecule is CC(=O)N1CCc2c(c(-c3cccc(C(F)(F)F)c3)nn2Cc2ncccc2C)C1. The molecule has 0 unspecified atom stereocenters. The topological polar surface area (TPSA) is 51.0 Å². The molecule has 4 rings (SSSR count). The number of hydrogen-bond acceptors (Lipinski definition) is 3. The molecule has 1 amide bonds. The van der Waals surface area contributed by atoms with Gasteiger partial charge in [-0.15, -0.1) is 0 Å². The van der Waals surface area contributed by atoms with E-state index >= 15 is 0 Å². The first-order chi connectivity index (χ1) is 14.2. The van der Waals surface area contributed by atoms with Crippen LogP contribution in [0.4, 0.5) is 13.2 Å².